The van der Waals surface area contributed by atoms with Gasteiger partial charge in [0.05, 0.1) is 0 Å². The van der Waals surface area contributed by atoms with E-state index in [4.69, 9.17) is 0 Å². The summed E-state index contributed by atoms with van der Waals surface area (Å²) in [6.45, 7) is 0. The number of hydrogen-bond donors (Lipinski definition) is 0. The molecule has 0 spiro atoms. The summed E-state index contributed by atoms with van der Waals surface area (Å²) in [6, 6.07) is 0. The highest BCUT2D eigenvalue weighted by Crippen LogP contribution is 1.88. The van der Waals surface area contributed by atoms with Crippen molar-refractivity contribution in [2.75, 3.05) is 35.2 Å². The Kier molecular flexibility index (Phi) is 3.99. The van der Waals surface area contributed by atoms with Crippen LogP contribution in [-0.2, 0) is 0 Å². The predicted molar refractivity (Wildman–Crippen MR) is 43.6 cm³/mol. The molecule has 0 aliphatic carbocycles. The summed E-state index contributed by atoms with van der Waals surface area (Å²) in [7, 11) is 9.59. The fraction of sp³-hybridized carbons (Fsp3) is 0.833. The lowest BCUT2D eigenvalue weighted by Gasteiger charge is -2.31. The highest BCUT2D eigenvalue weighted by Gasteiger charge is 2.02. The maximum absolute atomic E-state index is 3.90. The maximum Gasteiger partial charge on any atom is 0.117 e. The van der Waals surface area contributed by atoms with E-state index in [-0.39, 0.29) is 0 Å². The third kappa shape index (κ3) is 2.80. The number of rotatable bonds is 3. The largest absolute Gasteiger partial charge is 0.276 e. The van der Waals surface area contributed by atoms with Crippen molar-refractivity contribution < 1.29 is 0 Å². The molecular weight excluding hydrogens is 128 g/mol. The Bertz CT molecular complexity index is 100. The number of hydrogen-bond acceptors (Lipinski definition) is 3. The Morgan fingerprint density at radius 3 is 1.50 bits per heavy atom. The van der Waals surface area contributed by atoms with E-state index in [0.717, 1.165) is 0 Å². The van der Waals surface area contributed by atoms with Crippen molar-refractivity contribution in [3.05, 3.63) is 0 Å². The van der Waals surface area contributed by atoms with E-state index in [0.29, 0.717) is 0 Å². The monoisotopic (exact) mass is 144 g/mol. The van der Waals surface area contributed by atoms with Gasteiger partial charge >= 0.3 is 0 Å². The van der Waals surface area contributed by atoms with E-state index in [9.17, 15) is 0 Å². The van der Waals surface area contributed by atoms with E-state index in [2.05, 4.69) is 4.99 Å². The Hall–Kier alpha value is -0.610. The van der Waals surface area contributed by atoms with E-state index >= 15 is 0 Å². The van der Waals surface area contributed by atoms with Crippen molar-refractivity contribution >= 4 is 6.34 Å². The van der Waals surface area contributed by atoms with Crippen molar-refractivity contribution in [3.63, 3.8) is 0 Å². The minimum absolute atomic E-state index is 1.75. The van der Waals surface area contributed by atoms with Gasteiger partial charge in [0.15, 0.2) is 0 Å². The average molecular weight is 144 g/mol. The summed E-state index contributed by atoms with van der Waals surface area (Å²) >= 11 is 0. The van der Waals surface area contributed by atoms with Crippen LogP contribution in [0.4, 0.5) is 0 Å². The van der Waals surface area contributed by atoms with Crippen LogP contribution in [0.1, 0.15) is 0 Å². The normalized spacial score (nSPS) is 11.9. The van der Waals surface area contributed by atoms with Crippen molar-refractivity contribution in [3.8, 4) is 0 Å². The van der Waals surface area contributed by atoms with Crippen LogP contribution >= 0.6 is 0 Å². The lowest BCUT2D eigenvalue weighted by atomic mass is 11.0. The first kappa shape index (κ1) is 9.39. The smallest absolute Gasteiger partial charge is 0.117 e. The second-order valence-electron chi connectivity index (χ2n) is 2.39. The highest BCUT2D eigenvalue weighted by molar-refractivity contribution is 5.52. The second kappa shape index (κ2) is 4.24. The quantitative estimate of drug-likeness (QED) is 0.314. The molecule has 60 valence electrons. The number of nitrogens with zero attached hydrogens (tertiary/aromatic N) is 4. The molecule has 0 saturated heterocycles. The summed E-state index contributed by atoms with van der Waals surface area (Å²) < 4.78 is 0. The van der Waals surface area contributed by atoms with Crippen LogP contribution in [0.15, 0.2) is 4.99 Å². The summed E-state index contributed by atoms with van der Waals surface area (Å²) in [5, 5.41) is 5.76. The first-order valence-electron chi connectivity index (χ1n) is 3.15. The van der Waals surface area contributed by atoms with Gasteiger partial charge in [0, 0.05) is 35.2 Å². The molecule has 0 bridgehead atoms. The molecule has 0 aliphatic rings. The van der Waals surface area contributed by atoms with E-state index in [1.54, 1.807) is 13.4 Å². The van der Waals surface area contributed by atoms with Crippen LogP contribution in [0, 0.1) is 0 Å². The van der Waals surface area contributed by atoms with Crippen molar-refractivity contribution in [2.24, 2.45) is 4.99 Å². The lowest BCUT2D eigenvalue weighted by molar-refractivity contribution is -0.0559. The third-order valence-corrected chi connectivity index (χ3v) is 1.04. The van der Waals surface area contributed by atoms with Gasteiger partial charge in [-0.1, -0.05) is 0 Å². The Morgan fingerprint density at radius 2 is 1.40 bits per heavy atom. The summed E-state index contributed by atoms with van der Waals surface area (Å²) in [4.78, 5) is 3.90. The van der Waals surface area contributed by atoms with Crippen LogP contribution in [0.25, 0.3) is 0 Å². The minimum Gasteiger partial charge on any atom is -0.276 e. The standard InChI is InChI=1S/C6H16N4/c1-7-6-10(8(2)3)9(4)5/h6H,1-5H3. The lowest BCUT2D eigenvalue weighted by Crippen LogP contribution is -2.45. The van der Waals surface area contributed by atoms with Crippen molar-refractivity contribution in [1.29, 1.82) is 0 Å². The Morgan fingerprint density at radius 1 is 1.00 bits per heavy atom. The van der Waals surface area contributed by atoms with E-state index in [1.165, 1.54) is 0 Å². The Labute approximate surface area is 62.7 Å². The van der Waals surface area contributed by atoms with Gasteiger partial charge in [0.2, 0.25) is 0 Å². The molecule has 0 amide bonds. The van der Waals surface area contributed by atoms with Gasteiger partial charge in [-0.3, -0.25) is 4.99 Å². The maximum atomic E-state index is 3.90. The topological polar surface area (TPSA) is 22.1 Å². The SMILES string of the molecule is CN=CN(N(C)C)N(C)C. The zero-order chi connectivity index (χ0) is 8.15. The molecule has 0 aromatic carbocycles. The average Bonchev–Trinajstić information content (AvgIpc) is 1.81. The van der Waals surface area contributed by atoms with E-state index in [1.807, 2.05) is 43.3 Å². The molecule has 0 aromatic heterocycles. The number of hydrazine groups is 2. The molecule has 0 N–H and O–H groups in total. The fourth-order valence-corrected chi connectivity index (χ4v) is 0.668. The van der Waals surface area contributed by atoms with Gasteiger partial charge in [-0.25, -0.2) is 15.1 Å². The van der Waals surface area contributed by atoms with Crippen molar-refractivity contribution in [1.82, 2.24) is 15.1 Å². The van der Waals surface area contributed by atoms with Gasteiger partial charge in [-0.15, -0.1) is 0 Å². The Balaban J connectivity index is 3.98. The predicted octanol–water partition coefficient (Wildman–Crippen LogP) is -0.100. The molecule has 0 atom stereocenters. The molecule has 0 unspecified atom stereocenters. The zero-order valence-electron chi connectivity index (χ0n) is 7.37. The molecule has 0 heterocycles. The van der Waals surface area contributed by atoms with E-state index < -0.39 is 0 Å². The number of aliphatic imine (C=N–C) groups is 1. The second-order valence-corrected chi connectivity index (χ2v) is 2.39. The summed E-state index contributed by atoms with van der Waals surface area (Å²) in [5.74, 6) is 0. The summed E-state index contributed by atoms with van der Waals surface area (Å²) in [6.07, 6.45) is 1.75. The molecule has 0 fully saturated rings. The van der Waals surface area contributed by atoms with Gasteiger partial charge in [0.25, 0.3) is 0 Å². The van der Waals surface area contributed by atoms with Gasteiger partial charge in [0.1, 0.15) is 6.34 Å². The zero-order valence-corrected chi connectivity index (χ0v) is 7.37. The highest BCUT2D eigenvalue weighted by atomic mass is 15.8. The van der Waals surface area contributed by atoms with Crippen LogP contribution in [0.3, 0.4) is 0 Å². The molecule has 0 rings (SSSR count). The van der Waals surface area contributed by atoms with Gasteiger partial charge in [-0.2, -0.15) is 0 Å². The van der Waals surface area contributed by atoms with Crippen molar-refractivity contribution in [2.45, 2.75) is 0 Å². The van der Waals surface area contributed by atoms with Gasteiger partial charge < -0.3 is 0 Å². The molecule has 10 heavy (non-hydrogen) atoms. The van der Waals surface area contributed by atoms with Crippen LogP contribution < -0.4 is 0 Å². The molecular formula is C6H16N4. The molecule has 4 heteroatoms. The minimum atomic E-state index is 1.75. The molecule has 4 nitrogen and oxygen atoms in total. The first-order chi connectivity index (χ1) is 4.59. The van der Waals surface area contributed by atoms with Crippen LogP contribution in [0.5, 0.6) is 0 Å². The third-order valence-electron chi connectivity index (χ3n) is 1.04. The molecule has 0 aliphatic heterocycles. The summed E-state index contributed by atoms with van der Waals surface area (Å²) in [5.41, 5.74) is 0. The first-order valence-corrected chi connectivity index (χ1v) is 3.15. The molecule has 0 aromatic rings. The fourth-order valence-electron chi connectivity index (χ4n) is 0.668. The van der Waals surface area contributed by atoms with Gasteiger partial charge in [-0.05, 0) is 0 Å². The van der Waals surface area contributed by atoms with Crippen LogP contribution in [-0.4, -0.2) is 56.7 Å². The van der Waals surface area contributed by atoms with Crippen LogP contribution in [0.2, 0.25) is 0 Å². The molecule has 0 radical (unpaired) electrons. The molecule has 0 saturated carbocycles.